The van der Waals surface area contributed by atoms with Crippen LogP contribution in [-0.4, -0.2) is 38.0 Å². The van der Waals surface area contributed by atoms with Crippen LogP contribution < -0.4 is 5.32 Å². The second-order valence-electron chi connectivity index (χ2n) is 5.76. The fraction of sp³-hybridized carbons (Fsp3) is 1.00. The van der Waals surface area contributed by atoms with E-state index in [0.717, 1.165) is 19.8 Å². The highest BCUT2D eigenvalue weighted by molar-refractivity contribution is 4.78. The van der Waals surface area contributed by atoms with Crippen LogP contribution in [0.25, 0.3) is 0 Å². The molecule has 106 valence electrons. The van der Waals surface area contributed by atoms with Crippen molar-refractivity contribution in [1.29, 1.82) is 0 Å². The number of ether oxygens (including phenoxy) is 2. The highest BCUT2D eigenvalue weighted by Gasteiger charge is 2.23. The molecule has 2 rings (SSSR count). The van der Waals surface area contributed by atoms with Gasteiger partial charge in [-0.1, -0.05) is 6.92 Å². The Morgan fingerprint density at radius 1 is 1.17 bits per heavy atom. The first-order valence-corrected chi connectivity index (χ1v) is 7.85. The maximum atomic E-state index is 6.07. The summed E-state index contributed by atoms with van der Waals surface area (Å²) in [5, 5.41) is 3.63. The molecule has 1 aliphatic heterocycles. The third kappa shape index (κ3) is 4.87. The van der Waals surface area contributed by atoms with E-state index in [1.807, 2.05) is 0 Å². The molecule has 0 bridgehead atoms. The van der Waals surface area contributed by atoms with Crippen molar-refractivity contribution in [2.45, 2.75) is 76.5 Å². The summed E-state index contributed by atoms with van der Waals surface area (Å²) in [6.07, 6.45) is 10.8. The molecule has 1 saturated heterocycles. The Kier molecular flexibility index (Phi) is 6.46. The van der Waals surface area contributed by atoms with E-state index in [0.29, 0.717) is 18.2 Å². The summed E-state index contributed by atoms with van der Waals surface area (Å²) >= 11 is 0. The first kappa shape index (κ1) is 14.3. The Balaban J connectivity index is 1.62. The normalized spacial score (nSPS) is 33.5. The highest BCUT2D eigenvalue weighted by atomic mass is 16.5. The van der Waals surface area contributed by atoms with Crippen LogP contribution in [0.15, 0.2) is 0 Å². The summed E-state index contributed by atoms with van der Waals surface area (Å²) in [5.41, 5.74) is 0. The van der Waals surface area contributed by atoms with Gasteiger partial charge < -0.3 is 14.8 Å². The fourth-order valence-corrected chi connectivity index (χ4v) is 3.01. The largest absolute Gasteiger partial charge is 0.376 e. The summed E-state index contributed by atoms with van der Waals surface area (Å²) in [7, 11) is 0. The third-order valence-electron chi connectivity index (χ3n) is 4.10. The monoisotopic (exact) mass is 255 g/mol. The molecule has 3 unspecified atom stereocenters. The molecule has 0 amide bonds. The Bertz CT molecular complexity index is 217. The minimum atomic E-state index is 0.364. The van der Waals surface area contributed by atoms with Crippen molar-refractivity contribution in [2.75, 3.05) is 19.8 Å². The molecule has 1 N–H and O–H groups in total. The standard InChI is InChI=1S/C15H29NO2/c1-2-9-16-13-6-5-8-14(11-13)18-12-15-7-3-4-10-17-15/h13-16H,2-12H2,1H3. The molecular formula is C15H29NO2. The lowest BCUT2D eigenvalue weighted by atomic mass is 9.92. The lowest BCUT2D eigenvalue weighted by molar-refractivity contribution is -0.0722. The van der Waals surface area contributed by atoms with Crippen LogP contribution in [0.3, 0.4) is 0 Å². The maximum Gasteiger partial charge on any atom is 0.0808 e. The molecule has 1 saturated carbocycles. The van der Waals surface area contributed by atoms with Gasteiger partial charge in [0.1, 0.15) is 0 Å². The van der Waals surface area contributed by atoms with E-state index in [4.69, 9.17) is 9.47 Å². The molecule has 1 heterocycles. The van der Waals surface area contributed by atoms with Crippen molar-refractivity contribution < 1.29 is 9.47 Å². The third-order valence-corrected chi connectivity index (χ3v) is 4.10. The minimum absolute atomic E-state index is 0.364. The van der Waals surface area contributed by atoms with Gasteiger partial charge in [-0.2, -0.15) is 0 Å². The van der Waals surface area contributed by atoms with Gasteiger partial charge >= 0.3 is 0 Å². The molecular weight excluding hydrogens is 226 g/mol. The van der Waals surface area contributed by atoms with Crippen LogP contribution in [0.4, 0.5) is 0 Å². The van der Waals surface area contributed by atoms with Crippen LogP contribution in [0.2, 0.25) is 0 Å². The quantitative estimate of drug-likeness (QED) is 0.791. The van der Waals surface area contributed by atoms with Gasteiger partial charge in [-0.25, -0.2) is 0 Å². The molecule has 0 radical (unpaired) electrons. The molecule has 0 spiro atoms. The average Bonchev–Trinajstić information content (AvgIpc) is 2.44. The number of hydrogen-bond donors (Lipinski definition) is 1. The minimum Gasteiger partial charge on any atom is -0.376 e. The van der Waals surface area contributed by atoms with Crippen molar-refractivity contribution in [2.24, 2.45) is 0 Å². The molecule has 3 nitrogen and oxygen atoms in total. The Morgan fingerprint density at radius 3 is 2.89 bits per heavy atom. The first-order valence-electron chi connectivity index (χ1n) is 7.85. The summed E-state index contributed by atoms with van der Waals surface area (Å²) < 4.78 is 11.8. The van der Waals surface area contributed by atoms with E-state index < -0.39 is 0 Å². The van der Waals surface area contributed by atoms with E-state index >= 15 is 0 Å². The van der Waals surface area contributed by atoms with Gasteiger partial charge in [0.25, 0.3) is 0 Å². The second-order valence-corrected chi connectivity index (χ2v) is 5.76. The van der Waals surface area contributed by atoms with Gasteiger partial charge in [-0.3, -0.25) is 0 Å². The molecule has 2 aliphatic rings. The maximum absolute atomic E-state index is 6.07. The van der Waals surface area contributed by atoms with Crippen molar-refractivity contribution in [1.82, 2.24) is 5.32 Å². The number of nitrogens with one attached hydrogen (secondary N) is 1. The molecule has 0 aromatic heterocycles. The van der Waals surface area contributed by atoms with Crippen molar-refractivity contribution in [3.05, 3.63) is 0 Å². The number of hydrogen-bond acceptors (Lipinski definition) is 3. The summed E-state index contributed by atoms with van der Waals surface area (Å²) in [6.45, 7) is 5.11. The van der Waals surface area contributed by atoms with Crippen LogP contribution in [0, 0.1) is 0 Å². The van der Waals surface area contributed by atoms with E-state index in [2.05, 4.69) is 12.2 Å². The highest BCUT2D eigenvalue weighted by Crippen LogP contribution is 2.22. The zero-order valence-corrected chi connectivity index (χ0v) is 11.8. The summed E-state index contributed by atoms with van der Waals surface area (Å²) in [5.74, 6) is 0. The lowest BCUT2D eigenvalue weighted by Crippen LogP contribution is -2.38. The van der Waals surface area contributed by atoms with Gasteiger partial charge in [0.05, 0.1) is 18.8 Å². The summed E-state index contributed by atoms with van der Waals surface area (Å²) in [4.78, 5) is 0. The molecule has 0 aromatic rings. The van der Waals surface area contributed by atoms with Crippen LogP contribution in [0.5, 0.6) is 0 Å². The van der Waals surface area contributed by atoms with Crippen LogP contribution in [-0.2, 0) is 9.47 Å². The zero-order chi connectivity index (χ0) is 12.6. The van der Waals surface area contributed by atoms with Gasteiger partial charge in [0.15, 0.2) is 0 Å². The molecule has 18 heavy (non-hydrogen) atoms. The summed E-state index contributed by atoms with van der Waals surface area (Å²) in [6, 6.07) is 0.677. The Hall–Kier alpha value is -0.120. The zero-order valence-electron chi connectivity index (χ0n) is 11.8. The fourth-order valence-electron chi connectivity index (χ4n) is 3.01. The van der Waals surface area contributed by atoms with Gasteiger partial charge in [0, 0.05) is 12.6 Å². The van der Waals surface area contributed by atoms with Crippen LogP contribution in [0.1, 0.15) is 58.3 Å². The van der Waals surface area contributed by atoms with Gasteiger partial charge in [0.2, 0.25) is 0 Å². The Morgan fingerprint density at radius 2 is 2.11 bits per heavy atom. The van der Waals surface area contributed by atoms with E-state index in [1.165, 1.54) is 51.4 Å². The van der Waals surface area contributed by atoms with E-state index in [1.54, 1.807) is 0 Å². The second kappa shape index (κ2) is 8.13. The Labute approximate surface area is 112 Å². The van der Waals surface area contributed by atoms with Crippen LogP contribution >= 0.6 is 0 Å². The predicted molar refractivity (Wildman–Crippen MR) is 73.9 cm³/mol. The van der Waals surface area contributed by atoms with Gasteiger partial charge in [-0.05, 0) is 57.9 Å². The van der Waals surface area contributed by atoms with Crippen molar-refractivity contribution in [3.8, 4) is 0 Å². The van der Waals surface area contributed by atoms with Crippen molar-refractivity contribution >= 4 is 0 Å². The lowest BCUT2D eigenvalue weighted by Gasteiger charge is -2.31. The van der Waals surface area contributed by atoms with Gasteiger partial charge in [-0.15, -0.1) is 0 Å². The van der Waals surface area contributed by atoms with E-state index in [-0.39, 0.29) is 0 Å². The van der Waals surface area contributed by atoms with E-state index in [9.17, 15) is 0 Å². The number of rotatable bonds is 6. The first-order chi connectivity index (χ1) is 8.88. The molecule has 3 atom stereocenters. The molecule has 3 heteroatoms. The predicted octanol–water partition coefficient (Wildman–Crippen LogP) is 2.88. The molecule has 2 fully saturated rings. The SMILES string of the molecule is CCCNC1CCCC(OCC2CCCCO2)C1. The topological polar surface area (TPSA) is 30.5 Å². The smallest absolute Gasteiger partial charge is 0.0808 e. The average molecular weight is 255 g/mol. The molecule has 0 aromatic carbocycles. The van der Waals surface area contributed by atoms with Crippen molar-refractivity contribution in [3.63, 3.8) is 0 Å². The molecule has 1 aliphatic carbocycles.